The predicted molar refractivity (Wildman–Crippen MR) is 79.2 cm³/mol. The summed E-state index contributed by atoms with van der Waals surface area (Å²) in [5, 5.41) is 0. The van der Waals surface area contributed by atoms with E-state index >= 15 is 0 Å². The summed E-state index contributed by atoms with van der Waals surface area (Å²) in [5.74, 6) is 1.25. The van der Waals surface area contributed by atoms with Crippen LogP contribution < -0.4 is 0 Å². The number of benzene rings is 1. The number of halogens is 1. The van der Waals surface area contributed by atoms with E-state index in [1.165, 1.54) is 22.8 Å². The fraction of sp³-hybridized carbons (Fsp3) is 0.533. The molecule has 1 aliphatic carbocycles. The first kappa shape index (κ1) is 13.1. The van der Waals surface area contributed by atoms with E-state index in [4.69, 9.17) is 0 Å². The first-order valence-corrected chi connectivity index (χ1v) is 7.60. The summed E-state index contributed by atoms with van der Waals surface area (Å²) in [6.45, 7) is 2.21. The molecular formula is C15H19IO. The maximum Gasteiger partial charge on any atom is 0.166 e. The Morgan fingerprint density at radius 2 is 1.88 bits per heavy atom. The minimum Gasteiger partial charge on any atom is -0.294 e. The largest absolute Gasteiger partial charge is 0.294 e. The van der Waals surface area contributed by atoms with Crippen molar-refractivity contribution in [1.29, 1.82) is 0 Å². The Morgan fingerprint density at radius 1 is 1.24 bits per heavy atom. The van der Waals surface area contributed by atoms with Crippen molar-refractivity contribution in [3.63, 3.8) is 0 Å². The Morgan fingerprint density at radius 3 is 2.53 bits per heavy atom. The molecule has 0 radical (unpaired) electrons. The fourth-order valence-electron chi connectivity index (χ4n) is 2.87. The van der Waals surface area contributed by atoms with Gasteiger partial charge in [-0.2, -0.15) is 0 Å². The minimum atomic E-state index is 0.272. The second-order valence-corrected chi connectivity index (χ2v) is 6.18. The molecular weight excluding hydrogens is 323 g/mol. The third-order valence-electron chi connectivity index (χ3n) is 3.90. The normalized spacial score (nSPS) is 24.6. The highest BCUT2D eigenvalue weighted by molar-refractivity contribution is 14.1. The van der Waals surface area contributed by atoms with Gasteiger partial charge in [-0.25, -0.2) is 0 Å². The lowest BCUT2D eigenvalue weighted by atomic mass is 9.74. The van der Waals surface area contributed by atoms with Crippen LogP contribution in [-0.4, -0.2) is 5.78 Å². The van der Waals surface area contributed by atoms with E-state index in [0.717, 1.165) is 18.4 Å². The number of hydrogen-bond acceptors (Lipinski definition) is 1. The van der Waals surface area contributed by atoms with E-state index in [9.17, 15) is 4.79 Å². The molecule has 0 saturated heterocycles. The molecule has 2 rings (SSSR count). The first-order chi connectivity index (χ1) is 8.22. The smallest absolute Gasteiger partial charge is 0.166 e. The maximum absolute atomic E-state index is 12.5. The summed E-state index contributed by atoms with van der Waals surface area (Å²) >= 11 is 2.27. The van der Waals surface area contributed by atoms with Gasteiger partial charge in [0, 0.05) is 15.1 Å². The second kappa shape index (κ2) is 5.98. The predicted octanol–water partition coefficient (Wildman–Crippen LogP) is 4.69. The lowest BCUT2D eigenvalue weighted by Crippen LogP contribution is -2.26. The number of carbonyl (C=O) groups is 1. The Kier molecular flexibility index (Phi) is 4.60. The molecule has 2 unspecified atom stereocenters. The SMILES string of the molecule is CCC1CCCCC1C(=O)c1ccc(I)cc1. The van der Waals surface area contributed by atoms with Crippen LogP contribution >= 0.6 is 22.6 Å². The van der Waals surface area contributed by atoms with Crippen LogP contribution in [0.15, 0.2) is 24.3 Å². The van der Waals surface area contributed by atoms with Crippen LogP contribution in [0.1, 0.15) is 49.4 Å². The van der Waals surface area contributed by atoms with Crippen molar-refractivity contribution < 1.29 is 4.79 Å². The van der Waals surface area contributed by atoms with Crippen molar-refractivity contribution in [1.82, 2.24) is 0 Å². The molecule has 0 amide bonds. The Labute approximate surface area is 117 Å². The highest BCUT2D eigenvalue weighted by Crippen LogP contribution is 2.34. The van der Waals surface area contributed by atoms with Gasteiger partial charge < -0.3 is 0 Å². The summed E-state index contributed by atoms with van der Waals surface area (Å²) in [4.78, 5) is 12.5. The molecule has 1 saturated carbocycles. The molecule has 1 nitrogen and oxygen atoms in total. The van der Waals surface area contributed by atoms with Crippen molar-refractivity contribution in [3.8, 4) is 0 Å². The van der Waals surface area contributed by atoms with Crippen LogP contribution in [0, 0.1) is 15.4 Å². The zero-order chi connectivity index (χ0) is 12.3. The molecule has 1 aromatic carbocycles. The summed E-state index contributed by atoms with van der Waals surface area (Å²) in [5.41, 5.74) is 0.899. The van der Waals surface area contributed by atoms with Gasteiger partial charge in [0.25, 0.3) is 0 Å². The second-order valence-electron chi connectivity index (χ2n) is 4.93. The van der Waals surface area contributed by atoms with Gasteiger partial charge in [-0.3, -0.25) is 4.79 Å². The van der Waals surface area contributed by atoms with Gasteiger partial charge >= 0.3 is 0 Å². The van der Waals surface area contributed by atoms with Crippen molar-refractivity contribution in [2.75, 3.05) is 0 Å². The van der Waals surface area contributed by atoms with Gasteiger partial charge in [0.15, 0.2) is 5.78 Å². The van der Waals surface area contributed by atoms with Gasteiger partial charge in [-0.15, -0.1) is 0 Å². The Balaban J connectivity index is 2.15. The summed E-state index contributed by atoms with van der Waals surface area (Å²) in [7, 11) is 0. The fourth-order valence-corrected chi connectivity index (χ4v) is 3.23. The molecule has 2 atom stereocenters. The summed E-state index contributed by atoms with van der Waals surface area (Å²) in [6.07, 6.45) is 5.98. The van der Waals surface area contributed by atoms with Gasteiger partial charge in [-0.05, 0) is 53.5 Å². The van der Waals surface area contributed by atoms with Crippen LogP contribution in [-0.2, 0) is 0 Å². The van der Waals surface area contributed by atoms with Crippen molar-refractivity contribution in [2.24, 2.45) is 11.8 Å². The van der Waals surface area contributed by atoms with Crippen LogP contribution in [0.2, 0.25) is 0 Å². The highest BCUT2D eigenvalue weighted by Gasteiger charge is 2.29. The van der Waals surface area contributed by atoms with E-state index in [1.54, 1.807) is 0 Å². The molecule has 0 aromatic heterocycles. The van der Waals surface area contributed by atoms with E-state index in [2.05, 4.69) is 29.5 Å². The summed E-state index contributed by atoms with van der Waals surface area (Å²) < 4.78 is 1.19. The topological polar surface area (TPSA) is 17.1 Å². The standard InChI is InChI=1S/C15H19IO/c1-2-11-5-3-4-6-14(11)15(17)12-7-9-13(16)10-8-12/h7-11,14H,2-6H2,1H3. The molecule has 1 fully saturated rings. The van der Waals surface area contributed by atoms with Gasteiger partial charge in [0.2, 0.25) is 0 Å². The third kappa shape index (κ3) is 3.09. The number of rotatable bonds is 3. The average Bonchev–Trinajstić information content (AvgIpc) is 2.39. The van der Waals surface area contributed by atoms with Crippen LogP contribution in [0.5, 0.6) is 0 Å². The number of ketones is 1. The third-order valence-corrected chi connectivity index (χ3v) is 4.62. The van der Waals surface area contributed by atoms with Crippen molar-refractivity contribution >= 4 is 28.4 Å². The van der Waals surface area contributed by atoms with Crippen LogP contribution in [0.3, 0.4) is 0 Å². The average molecular weight is 342 g/mol. The lowest BCUT2D eigenvalue weighted by Gasteiger charge is -2.29. The molecule has 1 aliphatic rings. The van der Waals surface area contributed by atoms with E-state index in [0.29, 0.717) is 11.7 Å². The van der Waals surface area contributed by atoms with Gasteiger partial charge in [0.1, 0.15) is 0 Å². The molecule has 1 aromatic rings. The van der Waals surface area contributed by atoms with E-state index in [1.807, 2.05) is 24.3 Å². The first-order valence-electron chi connectivity index (χ1n) is 6.52. The van der Waals surface area contributed by atoms with Gasteiger partial charge in [-0.1, -0.05) is 38.3 Å². The van der Waals surface area contributed by atoms with Crippen molar-refractivity contribution in [2.45, 2.75) is 39.0 Å². The molecule has 0 aliphatic heterocycles. The van der Waals surface area contributed by atoms with Gasteiger partial charge in [0.05, 0.1) is 0 Å². The van der Waals surface area contributed by atoms with E-state index in [-0.39, 0.29) is 5.92 Å². The highest BCUT2D eigenvalue weighted by atomic mass is 127. The Hall–Kier alpha value is -0.380. The maximum atomic E-state index is 12.5. The minimum absolute atomic E-state index is 0.272. The zero-order valence-electron chi connectivity index (χ0n) is 10.3. The molecule has 0 heterocycles. The summed E-state index contributed by atoms with van der Waals surface area (Å²) in [6, 6.07) is 8.01. The zero-order valence-corrected chi connectivity index (χ0v) is 12.4. The van der Waals surface area contributed by atoms with Crippen LogP contribution in [0.25, 0.3) is 0 Å². The van der Waals surface area contributed by atoms with E-state index < -0.39 is 0 Å². The molecule has 0 spiro atoms. The molecule has 17 heavy (non-hydrogen) atoms. The number of carbonyl (C=O) groups excluding carboxylic acids is 1. The Bertz CT molecular complexity index is 382. The number of Topliss-reactive ketones (excluding diaryl/α,β-unsaturated/α-hetero) is 1. The number of hydrogen-bond donors (Lipinski definition) is 0. The molecule has 0 N–H and O–H groups in total. The lowest BCUT2D eigenvalue weighted by molar-refractivity contribution is 0.0820. The molecule has 92 valence electrons. The monoisotopic (exact) mass is 342 g/mol. The van der Waals surface area contributed by atoms with Crippen molar-refractivity contribution in [3.05, 3.63) is 33.4 Å². The molecule has 0 bridgehead atoms. The molecule has 2 heteroatoms. The van der Waals surface area contributed by atoms with Crippen LogP contribution in [0.4, 0.5) is 0 Å². The quantitative estimate of drug-likeness (QED) is 0.575.